The molecule has 1 aromatic carbocycles. The van der Waals surface area contributed by atoms with Gasteiger partial charge >= 0.3 is 0 Å². The Morgan fingerprint density at radius 2 is 2.08 bits per heavy atom. The Labute approximate surface area is 179 Å². The minimum absolute atomic E-state index is 0. The van der Waals surface area contributed by atoms with Gasteiger partial charge in [0.2, 0.25) is 0 Å². The minimum atomic E-state index is -0.611. The minimum Gasteiger partial charge on any atom is -0.497 e. The van der Waals surface area contributed by atoms with Crippen LogP contribution in [-0.4, -0.2) is 60.3 Å². The van der Waals surface area contributed by atoms with E-state index < -0.39 is 6.10 Å². The fourth-order valence-electron chi connectivity index (χ4n) is 2.80. The summed E-state index contributed by atoms with van der Waals surface area (Å²) in [6.45, 7) is 9.81. The second-order valence-electron chi connectivity index (χ2n) is 6.58. The molecule has 1 heterocycles. The summed E-state index contributed by atoms with van der Waals surface area (Å²) in [4.78, 5) is 7.02. The van der Waals surface area contributed by atoms with Gasteiger partial charge in [-0.2, -0.15) is 11.8 Å². The molecule has 0 aromatic heterocycles. The van der Waals surface area contributed by atoms with Crippen LogP contribution in [0.25, 0.3) is 0 Å². The first-order valence-electron chi connectivity index (χ1n) is 9.02. The molecule has 0 radical (unpaired) electrons. The molecule has 0 bridgehead atoms. The fourth-order valence-corrected chi connectivity index (χ4v) is 4.10. The number of halogens is 1. The smallest absolute Gasteiger partial charge is 0.194 e. The highest BCUT2D eigenvalue weighted by molar-refractivity contribution is 14.0. The second kappa shape index (κ2) is 11.9. The van der Waals surface area contributed by atoms with Gasteiger partial charge in [0.15, 0.2) is 5.96 Å². The second-order valence-corrected chi connectivity index (χ2v) is 7.93. The Balaban J connectivity index is 0.00000338. The number of aliphatic hydroxyl groups excluding tert-OH is 1. The highest BCUT2D eigenvalue weighted by Crippen LogP contribution is 2.25. The van der Waals surface area contributed by atoms with Crippen LogP contribution in [0.3, 0.4) is 0 Å². The quantitative estimate of drug-likeness (QED) is 0.362. The van der Waals surface area contributed by atoms with Crippen molar-refractivity contribution >= 4 is 41.7 Å². The van der Waals surface area contributed by atoms with Crippen LogP contribution in [-0.2, 0) is 0 Å². The molecule has 1 fully saturated rings. The standard InChI is InChI=1S/C19H31N3O2S.HI/c1-5-20-19(22-10-11-25-18(13-22)14(2)3)21-12-17(23)15-6-8-16(24-4)9-7-15;/h6-9,14,17-18,23H,5,10-13H2,1-4H3,(H,20,21);1H. The SMILES string of the molecule is CCNC(=NCC(O)c1ccc(OC)cc1)N1CCSC(C(C)C)C1.I. The number of nitrogens with one attached hydrogen (secondary N) is 1. The molecular weight excluding hydrogens is 461 g/mol. The number of aliphatic imine (C=N–C) groups is 1. The number of ether oxygens (including phenoxy) is 1. The molecule has 7 heteroatoms. The van der Waals surface area contributed by atoms with E-state index in [1.807, 2.05) is 36.0 Å². The van der Waals surface area contributed by atoms with Crippen molar-refractivity contribution in [3.8, 4) is 5.75 Å². The zero-order chi connectivity index (χ0) is 18.2. The van der Waals surface area contributed by atoms with Crippen LogP contribution in [0.1, 0.15) is 32.4 Å². The van der Waals surface area contributed by atoms with Crippen molar-refractivity contribution in [2.75, 3.05) is 39.0 Å². The van der Waals surface area contributed by atoms with Gasteiger partial charge in [-0.3, -0.25) is 4.99 Å². The average molecular weight is 493 g/mol. The Morgan fingerprint density at radius 3 is 2.65 bits per heavy atom. The molecule has 0 saturated carbocycles. The molecule has 5 nitrogen and oxygen atoms in total. The van der Waals surface area contributed by atoms with Gasteiger partial charge in [0.25, 0.3) is 0 Å². The van der Waals surface area contributed by atoms with Crippen molar-refractivity contribution in [2.24, 2.45) is 10.9 Å². The molecular formula is C19H32IN3O2S. The van der Waals surface area contributed by atoms with E-state index in [0.29, 0.717) is 17.7 Å². The molecule has 1 aromatic rings. The van der Waals surface area contributed by atoms with Gasteiger partial charge in [-0.25, -0.2) is 0 Å². The van der Waals surface area contributed by atoms with Crippen LogP contribution in [0.4, 0.5) is 0 Å². The van der Waals surface area contributed by atoms with Crippen molar-refractivity contribution in [1.82, 2.24) is 10.2 Å². The van der Waals surface area contributed by atoms with Crippen LogP contribution < -0.4 is 10.1 Å². The first-order chi connectivity index (χ1) is 12.0. The van der Waals surface area contributed by atoms with E-state index in [0.717, 1.165) is 42.7 Å². The van der Waals surface area contributed by atoms with Crippen molar-refractivity contribution in [3.05, 3.63) is 29.8 Å². The van der Waals surface area contributed by atoms with E-state index in [2.05, 4.69) is 31.0 Å². The van der Waals surface area contributed by atoms with Crippen molar-refractivity contribution in [1.29, 1.82) is 0 Å². The summed E-state index contributed by atoms with van der Waals surface area (Å²) in [6, 6.07) is 7.50. The number of nitrogens with zero attached hydrogens (tertiary/aromatic N) is 2. The summed E-state index contributed by atoms with van der Waals surface area (Å²) in [6.07, 6.45) is -0.611. The molecule has 2 N–H and O–H groups in total. The Morgan fingerprint density at radius 1 is 1.38 bits per heavy atom. The molecule has 0 aliphatic carbocycles. The van der Waals surface area contributed by atoms with Gasteiger partial charge in [-0.1, -0.05) is 26.0 Å². The third kappa shape index (κ3) is 6.81. The van der Waals surface area contributed by atoms with Gasteiger partial charge in [0.05, 0.1) is 19.8 Å². The molecule has 0 spiro atoms. The number of thioether (sulfide) groups is 1. The van der Waals surface area contributed by atoms with E-state index in [-0.39, 0.29) is 24.0 Å². The van der Waals surface area contributed by atoms with Crippen LogP contribution in [0.5, 0.6) is 5.75 Å². The summed E-state index contributed by atoms with van der Waals surface area (Å²) in [5.74, 6) is 3.47. The van der Waals surface area contributed by atoms with E-state index >= 15 is 0 Å². The maximum absolute atomic E-state index is 10.4. The lowest BCUT2D eigenvalue weighted by Crippen LogP contribution is -2.49. The monoisotopic (exact) mass is 493 g/mol. The molecule has 0 amide bonds. The molecule has 2 atom stereocenters. The number of guanidine groups is 1. The predicted molar refractivity (Wildman–Crippen MR) is 122 cm³/mol. The number of benzene rings is 1. The lowest BCUT2D eigenvalue weighted by Gasteiger charge is -2.36. The van der Waals surface area contributed by atoms with Gasteiger partial charge in [-0.15, -0.1) is 24.0 Å². The maximum atomic E-state index is 10.4. The van der Waals surface area contributed by atoms with Crippen LogP contribution >= 0.6 is 35.7 Å². The van der Waals surface area contributed by atoms with E-state index in [1.54, 1.807) is 7.11 Å². The van der Waals surface area contributed by atoms with Gasteiger partial charge in [0.1, 0.15) is 5.75 Å². The Kier molecular flexibility index (Phi) is 10.7. The number of hydrogen-bond acceptors (Lipinski definition) is 4. The summed E-state index contributed by atoms with van der Waals surface area (Å²) < 4.78 is 5.16. The lowest BCUT2D eigenvalue weighted by atomic mass is 10.1. The van der Waals surface area contributed by atoms with Crippen molar-refractivity contribution in [3.63, 3.8) is 0 Å². The zero-order valence-electron chi connectivity index (χ0n) is 16.1. The third-order valence-corrected chi connectivity index (χ3v) is 5.93. The van der Waals surface area contributed by atoms with Crippen LogP contribution in [0.15, 0.2) is 29.3 Å². The Hall–Kier alpha value is -0.670. The van der Waals surface area contributed by atoms with Crippen LogP contribution in [0, 0.1) is 5.92 Å². The number of aliphatic hydroxyl groups is 1. The lowest BCUT2D eigenvalue weighted by molar-refractivity contribution is 0.186. The van der Waals surface area contributed by atoms with E-state index in [1.165, 1.54) is 0 Å². The highest BCUT2D eigenvalue weighted by atomic mass is 127. The molecule has 2 unspecified atom stereocenters. The molecule has 2 rings (SSSR count). The average Bonchev–Trinajstić information content (AvgIpc) is 2.65. The van der Waals surface area contributed by atoms with Crippen molar-refractivity contribution < 1.29 is 9.84 Å². The molecule has 148 valence electrons. The topological polar surface area (TPSA) is 57.1 Å². The largest absolute Gasteiger partial charge is 0.497 e. The number of methoxy groups -OCH3 is 1. The first-order valence-corrected chi connectivity index (χ1v) is 10.1. The summed E-state index contributed by atoms with van der Waals surface area (Å²) in [5.41, 5.74) is 0.856. The first kappa shape index (κ1) is 23.4. The van der Waals surface area contributed by atoms with Gasteiger partial charge in [-0.05, 0) is 30.5 Å². The molecule has 1 saturated heterocycles. The summed E-state index contributed by atoms with van der Waals surface area (Å²) >= 11 is 2.05. The molecule has 1 aliphatic heterocycles. The Bertz CT molecular complexity index is 554. The maximum Gasteiger partial charge on any atom is 0.194 e. The fraction of sp³-hybridized carbons (Fsp3) is 0.632. The van der Waals surface area contributed by atoms with Crippen molar-refractivity contribution in [2.45, 2.75) is 32.1 Å². The van der Waals surface area contributed by atoms with Crippen LogP contribution in [0.2, 0.25) is 0 Å². The molecule has 26 heavy (non-hydrogen) atoms. The highest BCUT2D eigenvalue weighted by Gasteiger charge is 2.25. The summed E-state index contributed by atoms with van der Waals surface area (Å²) in [5, 5.41) is 14.4. The third-order valence-electron chi connectivity index (χ3n) is 4.39. The number of hydrogen-bond donors (Lipinski definition) is 2. The summed E-state index contributed by atoms with van der Waals surface area (Å²) in [7, 11) is 1.64. The van der Waals surface area contributed by atoms with E-state index in [4.69, 9.17) is 9.73 Å². The predicted octanol–water partition coefficient (Wildman–Crippen LogP) is 3.39. The van der Waals surface area contributed by atoms with Gasteiger partial charge in [0, 0.05) is 30.6 Å². The normalized spacial score (nSPS) is 19.1. The molecule has 1 aliphatic rings. The zero-order valence-corrected chi connectivity index (χ0v) is 19.3. The van der Waals surface area contributed by atoms with E-state index in [9.17, 15) is 5.11 Å². The van der Waals surface area contributed by atoms with Gasteiger partial charge < -0.3 is 20.1 Å². The number of rotatable bonds is 6.